The van der Waals surface area contributed by atoms with E-state index in [9.17, 15) is 14.4 Å². The number of methoxy groups -OCH3 is 1. The van der Waals surface area contributed by atoms with Gasteiger partial charge in [0.05, 0.1) is 12.7 Å². The van der Waals surface area contributed by atoms with Gasteiger partial charge in [0, 0.05) is 25.2 Å². The molecule has 3 rings (SSSR count). The molecule has 0 aliphatic carbocycles. The Morgan fingerprint density at radius 3 is 2.23 bits per heavy atom. The number of rotatable bonds is 7. The van der Waals surface area contributed by atoms with E-state index >= 15 is 0 Å². The van der Waals surface area contributed by atoms with Crippen LogP contribution in [0.3, 0.4) is 0 Å². The van der Waals surface area contributed by atoms with E-state index < -0.39 is 5.97 Å². The number of benzene rings is 2. The average Bonchev–Trinajstić information content (AvgIpc) is 2.81. The van der Waals surface area contributed by atoms with Gasteiger partial charge in [-0.25, -0.2) is 4.79 Å². The molecule has 2 aromatic carbocycles. The van der Waals surface area contributed by atoms with E-state index in [0.717, 1.165) is 12.8 Å². The van der Waals surface area contributed by atoms with Crippen LogP contribution in [0.4, 0.5) is 0 Å². The van der Waals surface area contributed by atoms with Gasteiger partial charge in [0.2, 0.25) is 0 Å². The Kier molecular flexibility index (Phi) is 7.43. The second-order valence-electron chi connectivity index (χ2n) is 7.20. The molecule has 1 aliphatic rings. The van der Waals surface area contributed by atoms with Gasteiger partial charge in [-0.3, -0.25) is 9.59 Å². The lowest BCUT2D eigenvalue weighted by atomic mass is 9.96. The monoisotopic (exact) mass is 410 g/mol. The van der Waals surface area contributed by atoms with Crippen LogP contribution in [0.1, 0.15) is 33.6 Å². The van der Waals surface area contributed by atoms with Crippen molar-refractivity contribution >= 4 is 17.8 Å². The summed E-state index contributed by atoms with van der Waals surface area (Å²) in [4.78, 5) is 37.9. The number of carbonyl (C=O) groups excluding carboxylic acids is 3. The quantitative estimate of drug-likeness (QED) is 0.709. The summed E-state index contributed by atoms with van der Waals surface area (Å²) >= 11 is 0. The van der Waals surface area contributed by atoms with Crippen LogP contribution in [0.25, 0.3) is 0 Å². The summed E-state index contributed by atoms with van der Waals surface area (Å²) in [6, 6.07) is 15.6. The van der Waals surface area contributed by atoms with Crippen molar-refractivity contribution in [3.05, 3.63) is 65.7 Å². The number of hydrogen-bond donors (Lipinski definition) is 1. The van der Waals surface area contributed by atoms with E-state index in [-0.39, 0.29) is 18.4 Å². The molecule has 0 bridgehead atoms. The van der Waals surface area contributed by atoms with Gasteiger partial charge in [-0.2, -0.15) is 0 Å². The van der Waals surface area contributed by atoms with E-state index in [1.807, 2.05) is 35.2 Å². The molecule has 2 aromatic rings. The molecule has 1 fully saturated rings. The van der Waals surface area contributed by atoms with Gasteiger partial charge in [0.25, 0.3) is 11.8 Å². The number of piperidine rings is 1. The number of amides is 2. The van der Waals surface area contributed by atoms with Crippen LogP contribution in [0.2, 0.25) is 0 Å². The zero-order chi connectivity index (χ0) is 21.3. The first-order chi connectivity index (χ1) is 14.6. The number of ether oxygens (including phenoxy) is 2. The Morgan fingerprint density at radius 1 is 0.967 bits per heavy atom. The third-order valence-corrected chi connectivity index (χ3v) is 5.19. The van der Waals surface area contributed by atoms with Gasteiger partial charge in [-0.15, -0.1) is 0 Å². The SMILES string of the molecule is COC(=O)c1ccc(C(=O)NCC2CCN(C(=O)COc3ccccc3)CC2)cc1. The third kappa shape index (κ3) is 5.83. The van der Waals surface area contributed by atoms with E-state index in [2.05, 4.69) is 10.1 Å². The molecule has 1 heterocycles. The van der Waals surface area contributed by atoms with Crippen molar-refractivity contribution in [1.29, 1.82) is 0 Å². The Morgan fingerprint density at radius 2 is 1.60 bits per heavy atom. The Hall–Kier alpha value is -3.35. The minimum absolute atomic E-state index is 0.0213. The van der Waals surface area contributed by atoms with Crippen LogP contribution in [0, 0.1) is 5.92 Å². The molecule has 7 heteroatoms. The summed E-state index contributed by atoms with van der Waals surface area (Å²) in [5.41, 5.74) is 0.899. The summed E-state index contributed by atoms with van der Waals surface area (Å²) in [7, 11) is 1.32. The molecule has 158 valence electrons. The van der Waals surface area contributed by atoms with Crippen molar-refractivity contribution in [2.75, 3.05) is 33.4 Å². The molecule has 0 radical (unpaired) electrons. The maximum atomic E-state index is 12.3. The lowest BCUT2D eigenvalue weighted by molar-refractivity contribution is -0.134. The van der Waals surface area contributed by atoms with E-state index in [0.29, 0.717) is 42.4 Å². The smallest absolute Gasteiger partial charge is 0.337 e. The molecule has 7 nitrogen and oxygen atoms in total. The van der Waals surface area contributed by atoms with Gasteiger partial charge in [-0.1, -0.05) is 18.2 Å². The minimum atomic E-state index is -0.433. The number of likely N-dealkylation sites (tertiary alicyclic amines) is 1. The Balaban J connectivity index is 1.38. The lowest BCUT2D eigenvalue weighted by Crippen LogP contribution is -2.43. The zero-order valence-electron chi connectivity index (χ0n) is 17.0. The summed E-state index contributed by atoms with van der Waals surface area (Å²) in [5, 5.41) is 2.94. The van der Waals surface area contributed by atoms with Crippen molar-refractivity contribution in [3.8, 4) is 5.75 Å². The molecule has 1 N–H and O–H groups in total. The van der Waals surface area contributed by atoms with Crippen molar-refractivity contribution in [1.82, 2.24) is 10.2 Å². The highest BCUT2D eigenvalue weighted by atomic mass is 16.5. The largest absolute Gasteiger partial charge is 0.484 e. The highest BCUT2D eigenvalue weighted by Gasteiger charge is 2.23. The topological polar surface area (TPSA) is 84.9 Å². The molecule has 0 aromatic heterocycles. The second-order valence-corrected chi connectivity index (χ2v) is 7.20. The van der Waals surface area contributed by atoms with E-state index in [1.165, 1.54) is 7.11 Å². The van der Waals surface area contributed by atoms with Crippen molar-refractivity contribution in [2.45, 2.75) is 12.8 Å². The first kappa shape index (κ1) is 21.4. The molecule has 30 heavy (non-hydrogen) atoms. The third-order valence-electron chi connectivity index (χ3n) is 5.19. The Bertz CT molecular complexity index is 859. The summed E-state index contributed by atoms with van der Waals surface area (Å²) in [6.45, 7) is 1.91. The number of para-hydroxylation sites is 1. The van der Waals surface area contributed by atoms with Crippen LogP contribution in [-0.2, 0) is 9.53 Å². The highest BCUT2D eigenvalue weighted by molar-refractivity contribution is 5.96. The highest BCUT2D eigenvalue weighted by Crippen LogP contribution is 2.17. The Labute approximate surface area is 176 Å². The first-order valence-corrected chi connectivity index (χ1v) is 9.99. The standard InChI is InChI=1S/C23H26N2O5/c1-29-23(28)19-9-7-18(8-10-19)22(27)24-15-17-11-13-25(14-12-17)21(26)16-30-20-5-3-2-4-6-20/h2-10,17H,11-16H2,1H3,(H,24,27). The first-order valence-electron chi connectivity index (χ1n) is 9.99. The molecule has 1 aliphatic heterocycles. The minimum Gasteiger partial charge on any atom is -0.484 e. The summed E-state index contributed by atoms with van der Waals surface area (Å²) in [6.07, 6.45) is 1.66. The van der Waals surface area contributed by atoms with Crippen molar-refractivity contribution < 1.29 is 23.9 Å². The number of nitrogens with zero attached hydrogens (tertiary/aromatic N) is 1. The van der Waals surface area contributed by atoms with Gasteiger partial charge in [0.15, 0.2) is 6.61 Å². The molecule has 1 saturated heterocycles. The lowest BCUT2D eigenvalue weighted by Gasteiger charge is -2.32. The number of carbonyl (C=O) groups is 3. The molecule has 2 amide bonds. The number of hydrogen-bond acceptors (Lipinski definition) is 5. The van der Waals surface area contributed by atoms with Crippen LogP contribution in [-0.4, -0.2) is 56.0 Å². The van der Waals surface area contributed by atoms with Gasteiger partial charge in [0.1, 0.15) is 5.75 Å². The second kappa shape index (κ2) is 10.4. The molecule has 0 saturated carbocycles. The van der Waals surface area contributed by atoms with Crippen LogP contribution in [0.15, 0.2) is 54.6 Å². The normalized spacial score (nSPS) is 14.1. The maximum Gasteiger partial charge on any atom is 0.337 e. The van der Waals surface area contributed by atoms with Gasteiger partial charge >= 0.3 is 5.97 Å². The van der Waals surface area contributed by atoms with Crippen LogP contribution >= 0.6 is 0 Å². The zero-order valence-corrected chi connectivity index (χ0v) is 17.0. The maximum absolute atomic E-state index is 12.3. The molecular formula is C23H26N2O5. The van der Waals surface area contributed by atoms with Gasteiger partial charge in [-0.05, 0) is 55.2 Å². The van der Waals surface area contributed by atoms with Crippen molar-refractivity contribution in [2.24, 2.45) is 5.92 Å². The molecule has 0 unspecified atom stereocenters. The molecule has 0 atom stereocenters. The van der Waals surface area contributed by atoms with Crippen LogP contribution in [0.5, 0.6) is 5.75 Å². The summed E-state index contributed by atoms with van der Waals surface area (Å²) in [5.74, 6) is 0.371. The fourth-order valence-electron chi connectivity index (χ4n) is 3.35. The fraction of sp³-hybridized carbons (Fsp3) is 0.348. The molecular weight excluding hydrogens is 384 g/mol. The van der Waals surface area contributed by atoms with E-state index in [1.54, 1.807) is 24.3 Å². The average molecular weight is 410 g/mol. The predicted octanol–water partition coefficient (Wildman–Crippen LogP) is 2.52. The van der Waals surface area contributed by atoms with Crippen LogP contribution < -0.4 is 10.1 Å². The van der Waals surface area contributed by atoms with Gasteiger partial charge < -0.3 is 19.7 Å². The predicted molar refractivity (Wildman–Crippen MR) is 111 cm³/mol. The number of esters is 1. The summed E-state index contributed by atoms with van der Waals surface area (Å²) < 4.78 is 10.2. The number of nitrogens with one attached hydrogen (secondary N) is 1. The van der Waals surface area contributed by atoms with Crippen molar-refractivity contribution in [3.63, 3.8) is 0 Å². The molecule has 0 spiro atoms. The van der Waals surface area contributed by atoms with E-state index in [4.69, 9.17) is 4.74 Å². The fourth-order valence-corrected chi connectivity index (χ4v) is 3.35.